The van der Waals surface area contributed by atoms with E-state index in [4.69, 9.17) is 0 Å². The molecule has 0 unspecified atom stereocenters. The lowest BCUT2D eigenvalue weighted by Crippen LogP contribution is -2.20. The first-order valence-corrected chi connectivity index (χ1v) is 9.63. The summed E-state index contributed by atoms with van der Waals surface area (Å²) in [5.74, 6) is 0.377. The van der Waals surface area contributed by atoms with Crippen molar-refractivity contribution in [3.8, 4) is 17.2 Å². The maximum atomic E-state index is 12.7. The highest BCUT2D eigenvalue weighted by atomic mass is 16.1. The Morgan fingerprint density at radius 3 is 2.66 bits per heavy atom. The molecule has 3 rings (SSSR count). The third-order valence-corrected chi connectivity index (χ3v) is 4.60. The number of imidazole rings is 1. The van der Waals surface area contributed by atoms with Crippen LogP contribution in [0.1, 0.15) is 48.7 Å². The van der Waals surface area contributed by atoms with E-state index in [-0.39, 0.29) is 17.3 Å². The molecule has 29 heavy (non-hydrogen) atoms. The van der Waals surface area contributed by atoms with Gasteiger partial charge in [-0.1, -0.05) is 13.8 Å². The molecular weight excluding hydrogens is 368 g/mol. The number of carbonyl (C=O) groups is 1. The van der Waals surface area contributed by atoms with Crippen molar-refractivity contribution in [1.82, 2.24) is 29.4 Å². The predicted octanol–water partition coefficient (Wildman–Crippen LogP) is 2.67. The zero-order valence-electron chi connectivity index (χ0n) is 17.2. The molecule has 0 fully saturated rings. The van der Waals surface area contributed by atoms with E-state index in [1.807, 2.05) is 32.8 Å². The van der Waals surface area contributed by atoms with Crippen molar-refractivity contribution in [2.24, 2.45) is 0 Å². The average molecular weight is 394 g/mol. The molecule has 0 aromatic carbocycles. The minimum absolute atomic E-state index is 0.0143. The number of ketones is 1. The largest absolute Gasteiger partial charge is 0.309 e. The molecule has 0 radical (unpaired) electrons. The van der Waals surface area contributed by atoms with Crippen LogP contribution in [0.4, 0.5) is 0 Å². The van der Waals surface area contributed by atoms with Crippen LogP contribution in [-0.2, 0) is 0 Å². The van der Waals surface area contributed by atoms with Crippen LogP contribution in [-0.4, -0.2) is 55.8 Å². The lowest BCUT2D eigenvalue weighted by molar-refractivity contribution is 0.0972. The van der Waals surface area contributed by atoms with Crippen molar-refractivity contribution in [3.63, 3.8) is 0 Å². The smallest absolute Gasteiger partial charge is 0.256 e. The van der Waals surface area contributed by atoms with E-state index in [9.17, 15) is 9.59 Å². The van der Waals surface area contributed by atoms with E-state index >= 15 is 0 Å². The third kappa shape index (κ3) is 4.83. The number of carbonyl (C=O) groups excluding carboxylic acids is 1. The van der Waals surface area contributed by atoms with Gasteiger partial charge in [0.25, 0.3) is 5.56 Å². The highest BCUT2D eigenvalue weighted by molar-refractivity contribution is 5.94. The molecule has 0 amide bonds. The van der Waals surface area contributed by atoms with E-state index in [1.54, 1.807) is 41.6 Å². The van der Waals surface area contributed by atoms with Gasteiger partial charge >= 0.3 is 0 Å². The van der Waals surface area contributed by atoms with E-state index < -0.39 is 0 Å². The van der Waals surface area contributed by atoms with Crippen molar-refractivity contribution in [3.05, 3.63) is 58.7 Å². The summed E-state index contributed by atoms with van der Waals surface area (Å²) >= 11 is 0. The Kier molecular flexibility index (Phi) is 6.33. The van der Waals surface area contributed by atoms with Gasteiger partial charge in [-0.2, -0.15) is 0 Å². The molecular formula is C21H26N6O2. The lowest BCUT2D eigenvalue weighted by Gasteiger charge is -2.13. The number of hydrogen-bond acceptors (Lipinski definition) is 6. The Hall–Kier alpha value is -3.13. The molecule has 0 bridgehead atoms. The first-order chi connectivity index (χ1) is 13.9. The molecule has 1 N–H and O–H groups in total. The second-order valence-corrected chi connectivity index (χ2v) is 7.54. The Balaban J connectivity index is 1.93. The molecule has 0 aliphatic rings. The zero-order valence-corrected chi connectivity index (χ0v) is 17.2. The van der Waals surface area contributed by atoms with Gasteiger partial charge in [0.15, 0.2) is 5.78 Å². The molecule has 3 heterocycles. The Morgan fingerprint density at radius 1 is 1.28 bits per heavy atom. The van der Waals surface area contributed by atoms with Crippen LogP contribution in [0, 0.1) is 0 Å². The SMILES string of the molecule is CC(C)c1c(-c2ccc(C(=O)CCCN(C)C)nc2)nc(-n2ccnc2)[nH]c1=O. The maximum Gasteiger partial charge on any atom is 0.256 e. The van der Waals surface area contributed by atoms with Crippen molar-refractivity contribution < 1.29 is 4.79 Å². The molecule has 0 aliphatic carbocycles. The van der Waals surface area contributed by atoms with Gasteiger partial charge in [-0.3, -0.25) is 24.1 Å². The van der Waals surface area contributed by atoms with E-state index in [0.717, 1.165) is 13.0 Å². The number of pyridine rings is 1. The molecule has 0 saturated carbocycles. The van der Waals surface area contributed by atoms with Crippen LogP contribution in [0.25, 0.3) is 17.2 Å². The normalized spacial score (nSPS) is 11.4. The van der Waals surface area contributed by atoms with E-state index in [1.165, 1.54) is 0 Å². The maximum absolute atomic E-state index is 12.7. The minimum Gasteiger partial charge on any atom is -0.309 e. The summed E-state index contributed by atoms with van der Waals surface area (Å²) in [6.07, 6.45) is 7.76. The number of H-pyrrole nitrogens is 1. The molecule has 152 valence electrons. The lowest BCUT2D eigenvalue weighted by atomic mass is 9.99. The second kappa shape index (κ2) is 8.91. The van der Waals surface area contributed by atoms with Gasteiger partial charge in [-0.05, 0) is 45.1 Å². The summed E-state index contributed by atoms with van der Waals surface area (Å²) in [5.41, 5.74) is 2.08. The van der Waals surface area contributed by atoms with Gasteiger partial charge < -0.3 is 4.90 Å². The van der Waals surface area contributed by atoms with Gasteiger partial charge in [0.2, 0.25) is 5.95 Å². The van der Waals surface area contributed by atoms with Gasteiger partial charge in [-0.15, -0.1) is 0 Å². The minimum atomic E-state index is -0.197. The Morgan fingerprint density at radius 2 is 2.07 bits per heavy atom. The first kappa shape index (κ1) is 20.6. The number of nitrogens with zero attached hydrogens (tertiary/aromatic N) is 5. The van der Waals surface area contributed by atoms with Crippen molar-refractivity contribution in [2.45, 2.75) is 32.6 Å². The first-order valence-electron chi connectivity index (χ1n) is 9.63. The highest BCUT2D eigenvalue weighted by Crippen LogP contribution is 2.25. The van der Waals surface area contributed by atoms with Crippen molar-refractivity contribution in [1.29, 1.82) is 0 Å². The van der Waals surface area contributed by atoms with Crippen molar-refractivity contribution in [2.75, 3.05) is 20.6 Å². The Bertz CT molecular complexity index is 1020. The molecule has 0 spiro atoms. The quantitative estimate of drug-likeness (QED) is 0.590. The number of rotatable bonds is 8. The molecule has 0 saturated heterocycles. The van der Waals surface area contributed by atoms with Crippen molar-refractivity contribution >= 4 is 5.78 Å². The number of aromatic amines is 1. The third-order valence-electron chi connectivity index (χ3n) is 4.60. The highest BCUT2D eigenvalue weighted by Gasteiger charge is 2.18. The van der Waals surface area contributed by atoms with Crippen LogP contribution in [0.15, 0.2) is 41.8 Å². The van der Waals surface area contributed by atoms with Gasteiger partial charge in [0.1, 0.15) is 12.0 Å². The van der Waals surface area contributed by atoms with Crippen LogP contribution < -0.4 is 5.56 Å². The Labute approximate surface area is 169 Å². The zero-order chi connectivity index (χ0) is 21.0. The number of nitrogens with one attached hydrogen (secondary N) is 1. The molecule has 3 aromatic heterocycles. The second-order valence-electron chi connectivity index (χ2n) is 7.54. The summed E-state index contributed by atoms with van der Waals surface area (Å²) in [6, 6.07) is 3.51. The van der Waals surface area contributed by atoms with Crippen LogP contribution in [0.3, 0.4) is 0 Å². The summed E-state index contributed by atoms with van der Waals surface area (Å²) < 4.78 is 1.64. The average Bonchev–Trinajstić information content (AvgIpc) is 3.21. The summed E-state index contributed by atoms with van der Waals surface area (Å²) in [6.45, 7) is 4.75. The number of aromatic nitrogens is 5. The number of Topliss-reactive ketones (excluding diaryl/α,β-unsaturated/α-hetero) is 1. The fourth-order valence-corrected chi connectivity index (χ4v) is 3.12. The fraction of sp³-hybridized carbons (Fsp3) is 0.381. The molecule has 0 atom stereocenters. The fourth-order valence-electron chi connectivity index (χ4n) is 3.12. The number of hydrogen-bond donors (Lipinski definition) is 1. The molecule has 3 aromatic rings. The van der Waals surface area contributed by atoms with Crippen LogP contribution in [0.5, 0.6) is 0 Å². The van der Waals surface area contributed by atoms with Crippen LogP contribution >= 0.6 is 0 Å². The van der Waals surface area contributed by atoms with Gasteiger partial charge in [0, 0.05) is 36.1 Å². The monoisotopic (exact) mass is 394 g/mol. The molecule has 0 aliphatic heterocycles. The summed E-state index contributed by atoms with van der Waals surface area (Å²) in [4.78, 5) is 42.9. The van der Waals surface area contributed by atoms with Gasteiger partial charge in [0.05, 0.1) is 5.69 Å². The van der Waals surface area contributed by atoms with E-state index in [2.05, 4.69) is 19.9 Å². The molecule has 8 nitrogen and oxygen atoms in total. The summed E-state index contributed by atoms with van der Waals surface area (Å²) in [7, 11) is 3.97. The standard InChI is InChI=1S/C21H26N6O2/c1-14(2)18-19(24-21(25-20(18)29)27-11-9-22-13-27)15-7-8-16(23-12-15)17(28)6-5-10-26(3)4/h7-9,11-14H,5-6,10H2,1-4H3,(H,24,25,29). The summed E-state index contributed by atoms with van der Waals surface area (Å²) in [5, 5.41) is 0. The van der Waals surface area contributed by atoms with Gasteiger partial charge in [-0.25, -0.2) is 9.97 Å². The predicted molar refractivity (Wildman–Crippen MR) is 111 cm³/mol. The van der Waals surface area contributed by atoms with E-state index in [0.29, 0.717) is 34.9 Å². The molecule has 8 heteroatoms. The van der Waals surface area contributed by atoms with Crippen LogP contribution in [0.2, 0.25) is 0 Å². The topological polar surface area (TPSA) is 96.8 Å².